The summed E-state index contributed by atoms with van der Waals surface area (Å²) in [4.78, 5) is 26.4. The van der Waals surface area contributed by atoms with Crippen LogP contribution >= 0.6 is 0 Å². The molecule has 2 amide bonds. The summed E-state index contributed by atoms with van der Waals surface area (Å²) in [5.41, 5.74) is 2.16. The SMILES string of the molecule is Cn1cccc1CNC(=O)C1CCC(=O)N(Cc2ccccc2)C1. The lowest BCUT2D eigenvalue weighted by molar-refractivity contribution is -0.139. The molecular weight excluding hydrogens is 302 g/mol. The van der Waals surface area contributed by atoms with Crippen molar-refractivity contribution in [3.8, 4) is 0 Å². The maximum Gasteiger partial charge on any atom is 0.225 e. The highest BCUT2D eigenvalue weighted by Crippen LogP contribution is 2.20. The summed E-state index contributed by atoms with van der Waals surface area (Å²) in [5, 5.41) is 3.00. The van der Waals surface area contributed by atoms with Crippen molar-refractivity contribution in [2.45, 2.75) is 25.9 Å². The second-order valence-corrected chi connectivity index (χ2v) is 6.32. The van der Waals surface area contributed by atoms with Gasteiger partial charge in [0.25, 0.3) is 0 Å². The van der Waals surface area contributed by atoms with Gasteiger partial charge in [0.15, 0.2) is 0 Å². The lowest BCUT2D eigenvalue weighted by atomic mass is 9.96. The van der Waals surface area contributed by atoms with Crippen LogP contribution in [0.4, 0.5) is 0 Å². The highest BCUT2D eigenvalue weighted by molar-refractivity contribution is 5.83. The molecule has 1 atom stereocenters. The van der Waals surface area contributed by atoms with Gasteiger partial charge >= 0.3 is 0 Å². The van der Waals surface area contributed by atoms with Gasteiger partial charge in [0.1, 0.15) is 0 Å². The molecule has 1 aromatic heterocycles. The van der Waals surface area contributed by atoms with E-state index in [1.165, 1.54) is 0 Å². The second-order valence-electron chi connectivity index (χ2n) is 6.32. The number of piperidine rings is 1. The molecule has 2 heterocycles. The molecule has 1 aromatic carbocycles. The van der Waals surface area contributed by atoms with Gasteiger partial charge in [0.05, 0.1) is 12.5 Å². The van der Waals surface area contributed by atoms with E-state index in [4.69, 9.17) is 0 Å². The Bertz CT molecular complexity index is 708. The lowest BCUT2D eigenvalue weighted by Gasteiger charge is -2.32. The molecule has 1 aliphatic rings. The quantitative estimate of drug-likeness (QED) is 0.915. The van der Waals surface area contributed by atoms with Gasteiger partial charge in [0, 0.05) is 38.4 Å². The van der Waals surface area contributed by atoms with E-state index in [1.807, 2.05) is 60.3 Å². The molecule has 0 radical (unpaired) electrons. The third-order valence-electron chi connectivity index (χ3n) is 4.58. The average molecular weight is 325 g/mol. The number of hydrogen-bond acceptors (Lipinski definition) is 2. The van der Waals surface area contributed by atoms with Gasteiger partial charge in [-0.1, -0.05) is 30.3 Å². The number of nitrogens with zero attached hydrogens (tertiary/aromatic N) is 2. The van der Waals surface area contributed by atoms with Crippen LogP contribution in [0.3, 0.4) is 0 Å². The molecule has 1 fully saturated rings. The Kier molecular flexibility index (Phi) is 4.99. The number of benzene rings is 1. The first-order valence-corrected chi connectivity index (χ1v) is 8.33. The molecular formula is C19H23N3O2. The molecule has 1 unspecified atom stereocenters. The zero-order valence-corrected chi connectivity index (χ0v) is 13.9. The van der Waals surface area contributed by atoms with Gasteiger partial charge in [-0.05, 0) is 24.1 Å². The zero-order chi connectivity index (χ0) is 16.9. The van der Waals surface area contributed by atoms with Crippen LogP contribution in [0.2, 0.25) is 0 Å². The summed E-state index contributed by atoms with van der Waals surface area (Å²) < 4.78 is 1.99. The van der Waals surface area contributed by atoms with Gasteiger partial charge in [-0.3, -0.25) is 9.59 Å². The molecule has 1 N–H and O–H groups in total. The number of carbonyl (C=O) groups excluding carboxylic acids is 2. The fraction of sp³-hybridized carbons (Fsp3) is 0.368. The van der Waals surface area contributed by atoms with Crippen LogP contribution in [0.5, 0.6) is 0 Å². The monoisotopic (exact) mass is 325 g/mol. The molecule has 5 heteroatoms. The normalized spacial score (nSPS) is 17.8. The second kappa shape index (κ2) is 7.34. The third kappa shape index (κ3) is 3.85. The van der Waals surface area contributed by atoms with Crippen LogP contribution in [-0.4, -0.2) is 27.8 Å². The van der Waals surface area contributed by atoms with Gasteiger partial charge in [-0.25, -0.2) is 0 Å². The molecule has 1 saturated heterocycles. The fourth-order valence-electron chi connectivity index (χ4n) is 3.09. The van der Waals surface area contributed by atoms with Crippen LogP contribution in [-0.2, 0) is 29.7 Å². The molecule has 5 nitrogen and oxygen atoms in total. The Morgan fingerprint density at radius 3 is 2.71 bits per heavy atom. The number of aryl methyl sites for hydroxylation is 1. The predicted molar refractivity (Wildman–Crippen MR) is 91.8 cm³/mol. The summed E-state index contributed by atoms with van der Waals surface area (Å²) in [6.45, 7) is 1.58. The van der Waals surface area contributed by atoms with E-state index in [0.29, 0.717) is 32.5 Å². The molecule has 3 rings (SSSR count). The Morgan fingerprint density at radius 2 is 2.00 bits per heavy atom. The van der Waals surface area contributed by atoms with Crippen molar-refractivity contribution in [1.29, 1.82) is 0 Å². The summed E-state index contributed by atoms with van der Waals surface area (Å²) in [6.07, 6.45) is 3.03. The Labute approximate surface area is 142 Å². The van der Waals surface area contributed by atoms with E-state index in [-0.39, 0.29) is 17.7 Å². The standard InChI is InChI=1S/C19H23N3O2/c1-21-11-5-8-17(21)12-20-19(24)16-9-10-18(23)22(14-16)13-15-6-3-2-4-7-15/h2-8,11,16H,9-10,12-14H2,1H3,(H,20,24). The van der Waals surface area contributed by atoms with E-state index in [2.05, 4.69) is 5.32 Å². The minimum atomic E-state index is -0.133. The van der Waals surface area contributed by atoms with E-state index in [1.54, 1.807) is 4.90 Å². The largest absolute Gasteiger partial charge is 0.353 e. The van der Waals surface area contributed by atoms with Crippen molar-refractivity contribution >= 4 is 11.8 Å². The molecule has 2 aromatic rings. The van der Waals surface area contributed by atoms with Crippen LogP contribution in [0.1, 0.15) is 24.1 Å². The number of likely N-dealkylation sites (tertiary alicyclic amines) is 1. The number of rotatable bonds is 5. The van der Waals surface area contributed by atoms with Gasteiger partial charge in [-0.2, -0.15) is 0 Å². The van der Waals surface area contributed by atoms with Crippen LogP contribution in [0.25, 0.3) is 0 Å². The summed E-state index contributed by atoms with van der Waals surface area (Å²) >= 11 is 0. The number of hydrogen-bond donors (Lipinski definition) is 1. The lowest BCUT2D eigenvalue weighted by Crippen LogP contribution is -2.45. The first-order valence-electron chi connectivity index (χ1n) is 8.33. The average Bonchev–Trinajstić information content (AvgIpc) is 3.00. The zero-order valence-electron chi connectivity index (χ0n) is 13.9. The first kappa shape index (κ1) is 16.3. The van der Waals surface area contributed by atoms with Crippen LogP contribution in [0.15, 0.2) is 48.7 Å². The van der Waals surface area contributed by atoms with Crippen LogP contribution < -0.4 is 5.32 Å². The van der Waals surface area contributed by atoms with Crippen molar-refractivity contribution in [1.82, 2.24) is 14.8 Å². The summed E-state index contributed by atoms with van der Waals surface area (Å²) in [6, 6.07) is 13.9. The van der Waals surface area contributed by atoms with E-state index >= 15 is 0 Å². The first-order chi connectivity index (χ1) is 11.6. The van der Waals surface area contributed by atoms with Gasteiger partial charge < -0.3 is 14.8 Å². The molecule has 0 bridgehead atoms. The third-order valence-corrected chi connectivity index (χ3v) is 4.58. The molecule has 0 saturated carbocycles. The van der Waals surface area contributed by atoms with Gasteiger partial charge in [-0.15, -0.1) is 0 Å². The number of amides is 2. The minimum absolute atomic E-state index is 0.0294. The number of carbonyl (C=O) groups is 2. The maximum absolute atomic E-state index is 12.5. The Balaban J connectivity index is 1.57. The molecule has 0 aliphatic carbocycles. The predicted octanol–water partition coefficient (Wildman–Crippen LogP) is 2.08. The van der Waals surface area contributed by atoms with E-state index in [9.17, 15) is 9.59 Å². The molecule has 24 heavy (non-hydrogen) atoms. The van der Waals surface area contributed by atoms with Crippen molar-refractivity contribution in [2.75, 3.05) is 6.54 Å². The fourth-order valence-corrected chi connectivity index (χ4v) is 3.09. The molecule has 126 valence electrons. The summed E-state index contributed by atoms with van der Waals surface area (Å²) in [7, 11) is 1.96. The van der Waals surface area contributed by atoms with Crippen molar-refractivity contribution < 1.29 is 9.59 Å². The van der Waals surface area contributed by atoms with Crippen molar-refractivity contribution in [2.24, 2.45) is 13.0 Å². The van der Waals surface area contributed by atoms with Crippen molar-refractivity contribution in [3.05, 3.63) is 59.9 Å². The Hall–Kier alpha value is -2.56. The smallest absolute Gasteiger partial charge is 0.225 e. The van der Waals surface area contributed by atoms with E-state index < -0.39 is 0 Å². The van der Waals surface area contributed by atoms with Crippen molar-refractivity contribution in [3.63, 3.8) is 0 Å². The summed E-state index contributed by atoms with van der Waals surface area (Å²) in [5.74, 6) is 0.0266. The number of aromatic nitrogens is 1. The van der Waals surface area contributed by atoms with E-state index in [0.717, 1.165) is 11.3 Å². The minimum Gasteiger partial charge on any atom is -0.353 e. The topological polar surface area (TPSA) is 54.3 Å². The molecule has 0 spiro atoms. The highest BCUT2D eigenvalue weighted by atomic mass is 16.2. The van der Waals surface area contributed by atoms with Gasteiger partial charge in [0.2, 0.25) is 11.8 Å². The Morgan fingerprint density at radius 1 is 1.21 bits per heavy atom. The highest BCUT2D eigenvalue weighted by Gasteiger charge is 2.30. The van der Waals surface area contributed by atoms with Crippen LogP contribution in [0, 0.1) is 5.92 Å². The maximum atomic E-state index is 12.5. The molecule has 1 aliphatic heterocycles. The number of nitrogens with one attached hydrogen (secondary N) is 1.